The fraction of sp³-hybridized carbons (Fsp3) is 0.444. The van der Waals surface area contributed by atoms with Crippen molar-refractivity contribution >= 4 is 17.7 Å². The summed E-state index contributed by atoms with van der Waals surface area (Å²) in [5.74, 6) is 0.990. The molecule has 3 rings (SSSR count). The number of alkyl carbamates (subject to hydrolysis) is 1. The Balaban J connectivity index is 1.82. The van der Waals surface area contributed by atoms with E-state index in [1.165, 1.54) is 4.90 Å². The van der Waals surface area contributed by atoms with Gasteiger partial charge in [0.15, 0.2) is 0 Å². The SMILES string of the molecule is Cc1nnc(-c2ccc3c(c2)N(C)C(=O)[C@@H](NC(=O)OC(C)(C)C)CO3)o1. The lowest BCUT2D eigenvalue weighted by molar-refractivity contribution is -0.120. The zero-order chi connectivity index (χ0) is 19.8. The Morgan fingerprint density at radius 2 is 2.07 bits per heavy atom. The van der Waals surface area contributed by atoms with Gasteiger partial charge in [0, 0.05) is 19.5 Å². The van der Waals surface area contributed by atoms with Crippen LogP contribution >= 0.6 is 0 Å². The number of aryl methyl sites for hydroxylation is 1. The highest BCUT2D eigenvalue weighted by Gasteiger charge is 2.32. The molecule has 0 fully saturated rings. The van der Waals surface area contributed by atoms with E-state index in [2.05, 4.69) is 15.5 Å². The summed E-state index contributed by atoms with van der Waals surface area (Å²) in [6.07, 6.45) is -0.675. The van der Waals surface area contributed by atoms with Crippen LogP contribution < -0.4 is 15.0 Å². The minimum atomic E-state index is -0.869. The van der Waals surface area contributed by atoms with Crippen molar-refractivity contribution in [3.05, 3.63) is 24.1 Å². The molecule has 0 spiro atoms. The van der Waals surface area contributed by atoms with E-state index >= 15 is 0 Å². The van der Waals surface area contributed by atoms with Crippen molar-refractivity contribution in [3.8, 4) is 17.2 Å². The topological polar surface area (TPSA) is 107 Å². The number of fused-ring (bicyclic) bond motifs is 1. The molecule has 9 nitrogen and oxygen atoms in total. The van der Waals surface area contributed by atoms with Gasteiger partial charge in [-0.15, -0.1) is 10.2 Å². The van der Waals surface area contributed by atoms with Crippen LogP contribution in [0.3, 0.4) is 0 Å². The molecule has 1 aromatic carbocycles. The van der Waals surface area contributed by atoms with Crippen molar-refractivity contribution in [1.82, 2.24) is 15.5 Å². The fourth-order valence-corrected chi connectivity index (χ4v) is 2.60. The lowest BCUT2D eigenvalue weighted by Crippen LogP contribution is -2.50. The third-order valence-corrected chi connectivity index (χ3v) is 3.82. The lowest BCUT2D eigenvalue weighted by Gasteiger charge is -2.23. The minimum absolute atomic E-state index is 0.00553. The van der Waals surface area contributed by atoms with Gasteiger partial charge in [-0.05, 0) is 39.0 Å². The van der Waals surface area contributed by atoms with Gasteiger partial charge >= 0.3 is 6.09 Å². The number of ether oxygens (including phenoxy) is 2. The lowest BCUT2D eigenvalue weighted by atomic mass is 10.1. The quantitative estimate of drug-likeness (QED) is 0.859. The normalized spacial score (nSPS) is 17.0. The summed E-state index contributed by atoms with van der Waals surface area (Å²) < 4.78 is 16.4. The first kappa shape index (κ1) is 18.7. The summed E-state index contributed by atoms with van der Waals surface area (Å²) in [4.78, 5) is 26.2. The van der Waals surface area contributed by atoms with Gasteiger partial charge in [0.25, 0.3) is 5.91 Å². The molecule has 27 heavy (non-hydrogen) atoms. The van der Waals surface area contributed by atoms with Crippen LogP contribution in [0.1, 0.15) is 26.7 Å². The monoisotopic (exact) mass is 374 g/mol. The predicted octanol–water partition coefficient (Wildman–Crippen LogP) is 2.29. The number of hydrogen-bond donors (Lipinski definition) is 1. The summed E-state index contributed by atoms with van der Waals surface area (Å²) in [5.41, 5.74) is 0.544. The number of benzene rings is 1. The second-order valence-electron chi connectivity index (χ2n) is 7.22. The van der Waals surface area contributed by atoms with Gasteiger partial charge in [0.2, 0.25) is 11.8 Å². The molecule has 2 amide bonds. The highest BCUT2D eigenvalue weighted by molar-refractivity contribution is 6.00. The molecular formula is C18H22N4O5. The minimum Gasteiger partial charge on any atom is -0.489 e. The van der Waals surface area contributed by atoms with Crippen LogP contribution in [0.25, 0.3) is 11.5 Å². The number of carbonyl (C=O) groups is 2. The van der Waals surface area contributed by atoms with Gasteiger partial charge in [-0.2, -0.15) is 0 Å². The number of rotatable bonds is 2. The Kier molecular flexibility index (Phi) is 4.77. The number of aromatic nitrogens is 2. The smallest absolute Gasteiger partial charge is 0.408 e. The molecule has 0 bridgehead atoms. The molecule has 144 valence electrons. The van der Waals surface area contributed by atoms with Crippen molar-refractivity contribution in [2.45, 2.75) is 39.3 Å². The molecule has 1 atom stereocenters. The average Bonchev–Trinajstić information content (AvgIpc) is 2.97. The van der Waals surface area contributed by atoms with E-state index in [0.717, 1.165) is 0 Å². The van der Waals surface area contributed by atoms with Crippen molar-refractivity contribution in [3.63, 3.8) is 0 Å². The van der Waals surface area contributed by atoms with Gasteiger partial charge in [0.05, 0.1) is 5.69 Å². The number of hydrogen-bond acceptors (Lipinski definition) is 7. The second-order valence-corrected chi connectivity index (χ2v) is 7.22. The maximum atomic E-state index is 12.8. The summed E-state index contributed by atoms with van der Waals surface area (Å²) in [6, 6.07) is 4.36. The Bertz CT molecular complexity index is 871. The molecule has 1 N–H and O–H groups in total. The first-order valence-electron chi connectivity index (χ1n) is 8.48. The van der Waals surface area contributed by atoms with E-state index in [1.54, 1.807) is 52.9 Å². The van der Waals surface area contributed by atoms with Crippen LogP contribution in [0.2, 0.25) is 0 Å². The van der Waals surface area contributed by atoms with Crippen LogP contribution in [0, 0.1) is 6.92 Å². The van der Waals surface area contributed by atoms with Gasteiger partial charge in [0.1, 0.15) is 24.0 Å². The molecule has 1 aromatic heterocycles. The third-order valence-electron chi connectivity index (χ3n) is 3.82. The van der Waals surface area contributed by atoms with Gasteiger partial charge in [-0.3, -0.25) is 4.79 Å². The molecule has 0 aliphatic carbocycles. The van der Waals surface area contributed by atoms with E-state index in [-0.39, 0.29) is 12.5 Å². The molecule has 2 heterocycles. The maximum Gasteiger partial charge on any atom is 0.408 e. The first-order valence-corrected chi connectivity index (χ1v) is 8.48. The predicted molar refractivity (Wildman–Crippen MR) is 96.5 cm³/mol. The van der Waals surface area contributed by atoms with Crippen LogP contribution in [-0.2, 0) is 9.53 Å². The van der Waals surface area contributed by atoms with E-state index in [4.69, 9.17) is 13.9 Å². The Labute approximate surface area is 156 Å². The fourth-order valence-electron chi connectivity index (χ4n) is 2.60. The van der Waals surface area contributed by atoms with Crippen LogP contribution in [0.15, 0.2) is 22.6 Å². The van der Waals surface area contributed by atoms with Crippen molar-refractivity contribution in [2.24, 2.45) is 0 Å². The number of nitrogens with one attached hydrogen (secondary N) is 1. The third kappa shape index (κ3) is 4.18. The van der Waals surface area contributed by atoms with Crippen molar-refractivity contribution in [1.29, 1.82) is 0 Å². The molecule has 1 aliphatic rings. The molecule has 0 saturated heterocycles. The molecule has 0 unspecified atom stereocenters. The number of nitrogens with zero attached hydrogens (tertiary/aromatic N) is 3. The highest BCUT2D eigenvalue weighted by atomic mass is 16.6. The standard InChI is InChI=1S/C18H22N4O5/c1-10-20-21-15(26-10)11-6-7-14-13(8-11)22(5)16(23)12(9-25-14)19-17(24)27-18(2,3)4/h6-8,12H,9H2,1-5H3,(H,19,24)/t12-/m0/s1. The Morgan fingerprint density at radius 3 is 2.70 bits per heavy atom. The average molecular weight is 374 g/mol. The summed E-state index contributed by atoms with van der Waals surface area (Å²) >= 11 is 0. The van der Waals surface area contributed by atoms with Crippen LogP contribution in [0.4, 0.5) is 10.5 Å². The van der Waals surface area contributed by atoms with Gasteiger partial charge in [-0.1, -0.05) is 0 Å². The molecule has 9 heteroatoms. The summed E-state index contributed by atoms with van der Waals surface area (Å²) in [6.45, 7) is 6.95. The van der Waals surface area contributed by atoms with Gasteiger partial charge < -0.3 is 24.1 Å². The van der Waals surface area contributed by atoms with Crippen molar-refractivity contribution < 1.29 is 23.5 Å². The second kappa shape index (κ2) is 6.90. The van der Waals surface area contributed by atoms with Gasteiger partial charge in [-0.25, -0.2) is 4.79 Å². The Morgan fingerprint density at radius 1 is 1.33 bits per heavy atom. The number of amides is 2. The molecule has 0 saturated carbocycles. The van der Waals surface area contributed by atoms with E-state index in [0.29, 0.717) is 28.8 Å². The van der Waals surface area contributed by atoms with E-state index in [9.17, 15) is 9.59 Å². The first-order chi connectivity index (χ1) is 12.6. The molecular weight excluding hydrogens is 352 g/mol. The molecule has 0 radical (unpaired) electrons. The highest BCUT2D eigenvalue weighted by Crippen LogP contribution is 2.34. The van der Waals surface area contributed by atoms with Crippen LogP contribution in [-0.4, -0.2) is 47.5 Å². The molecule has 2 aromatic rings. The largest absolute Gasteiger partial charge is 0.489 e. The Hall–Kier alpha value is -3.10. The van der Waals surface area contributed by atoms with E-state index in [1.807, 2.05) is 0 Å². The summed E-state index contributed by atoms with van der Waals surface area (Å²) in [5, 5.41) is 10.4. The number of carbonyl (C=O) groups excluding carboxylic acids is 2. The van der Waals surface area contributed by atoms with Crippen molar-refractivity contribution in [2.75, 3.05) is 18.6 Å². The molecule has 1 aliphatic heterocycles. The number of anilines is 1. The number of likely N-dealkylation sites (N-methyl/N-ethyl adjacent to an activating group) is 1. The van der Waals surface area contributed by atoms with Crippen LogP contribution in [0.5, 0.6) is 5.75 Å². The zero-order valence-electron chi connectivity index (χ0n) is 15.9. The maximum absolute atomic E-state index is 12.8. The van der Waals surface area contributed by atoms with E-state index < -0.39 is 17.7 Å². The zero-order valence-corrected chi connectivity index (χ0v) is 15.9. The summed E-state index contributed by atoms with van der Waals surface area (Å²) in [7, 11) is 1.61.